The third kappa shape index (κ3) is 5.26. The van der Waals surface area contributed by atoms with Crippen LogP contribution in [0.15, 0.2) is 24.3 Å². The molecule has 25 heavy (non-hydrogen) atoms. The van der Waals surface area contributed by atoms with E-state index in [4.69, 9.17) is 0 Å². The number of carbonyl (C=O) groups excluding carboxylic acids is 2. The fourth-order valence-corrected chi connectivity index (χ4v) is 3.29. The highest BCUT2D eigenvalue weighted by Gasteiger charge is 2.34. The summed E-state index contributed by atoms with van der Waals surface area (Å²) in [4.78, 5) is 28.6. The first-order chi connectivity index (χ1) is 11.9. The summed E-state index contributed by atoms with van der Waals surface area (Å²) in [5, 5.41) is 2.70. The summed E-state index contributed by atoms with van der Waals surface area (Å²) in [6, 6.07) is 6.36. The van der Waals surface area contributed by atoms with Crippen molar-refractivity contribution in [2.45, 2.75) is 45.2 Å². The first-order valence-corrected chi connectivity index (χ1v) is 8.92. The summed E-state index contributed by atoms with van der Waals surface area (Å²) >= 11 is 0. The molecule has 1 aromatic rings. The van der Waals surface area contributed by atoms with Gasteiger partial charge in [0.15, 0.2) is 0 Å². The molecule has 0 saturated carbocycles. The van der Waals surface area contributed by atoms with Crippen molar-refractivity contribution in [2.75, 3.05) is 26.7 Å². The van der Waals surface area contributed by atoms with Crippen LogP contribution in [0.25, 0.3) is 0 Å². The maximum Gasteiger partial charge on any atom is 0.238 e. The monoisotopic (exact) mass is 349 g/mol. The van der Waals surface area contributed by atoms with E-state index in [0.29, 0.717) is 26.1 Å². The Bertz CT molecular complexity index is 589. The van der Waals surface area contributed by atoms with E-state index in [0.717, 1.165) is 18.4 Å². The fourth-order valence-electron chi connectivity index (χ4n) is 3.29. The van der Waals surface area contributed by atoms with E-state index in [1.54, 1.807) is 24.1 Å². The second kappa shape index (κ2) is 8.94. The minimum atomic E-state index is -0.292. The summed E-state index contributed by atoms with van der Waals surface area (Å²) in [7, 11) is 1.63. The Balaban J connectivity index is 1.86. The van der Waals surface area contributed by atoms with Crippen molar-refractivity contribution >= 4 is 11.8 Å². The first kappa shape index (κ1) is 19.4. The van der Waals surface area contributed by atoms with Gasteiger partial charge >= 0.3 is 0 Å². The molecule has 1 fully saturated rings. The molecule has 1 atom stereocenters. The maximum absolute atomic E-state index is 12.9. The van der Waals surface area contributed by atoms with Crippen molar-refractivity contribution in [3.63, 3.8) is 0 Å². The number of carbonyl (C=O) groups is 2. The van der Waals surface area contributed by atoms with Crippen molar-refractivity contribution in [1.82, 2.24) is 15.1 Å². The number of hydrogen-bond donors (Lipinski definition) is 1. The van der Waals surface area contributed by atoms with Crippen LogP contribution in [-0.2, 0) is 16.0 Å². The molecule has 1 heterocycles. The average molecular weight is 349 g/mol. The standard InChI is InChI=1S/C19H28FN3O2/c1-14(2)23-12-11-22(13-17(23)19(25)21-3)18(24)6-4-5-15-7-9-16(20)10-8-15/h7-10,14,17H,4-6,11-13H2,1-3H3,(H,21,25)/t17-/m0/s1. The summed E-state index contributed by atoms with van der Waals surface area (Å²) in [6.07, 6.45) is 1.91. The van der Waals surface area contributed by atoms with Crippen molar-refractivity contribution in [1.29, 1.82) is 0 Å². The van der Waals surface area contributed by atoms with Gasteiger partial charge in [-0.3, -0.25) is 14.5 Å². The Kier molecular flexibility index (Phi) is 6.93. The molecule has 0 spiro atoms. The lowest BCUT2D eigenvalue weighted by Gasteiger charge is -2.42. The highest BCUT2D eigenvalue weighted by atomic mass is 19.1. The van der Waals surface area contributed by atoms with Gasteiger partial charge in [0, 0.05) is 39.1 Å². The number of benzene rings is 1. The molecule has 0 aromatic heterocycles. The van der Waals surface area contributed by atoms with Gasteiger partial charge in [0.2, 0.25) is 11.8 Å². The minimum absolute atomic E-state index is 0.0440. The minimum Gasteiger partial charge on any atom is -0.358 e. The normalized spacial score (nSPS) is 18.4. The summed E-state index contributed by atoms with van der Waals surface area (Å²) in [5.41, 5.74) is 1.03. The topological polar surface area (TPSA) is 52.7 Å². The zero-order chi connectivity index (χ0) is 18.4. The molecule has 0 unspecified atom stereocenters. The average Bonchev–Trinajstić information content (AvgIpc) is 2.62. The predicted molar refractivity (Wildman–Crippen MR) is 95.6 cm³/mol. The number of rotatable bonds is 6. The number of aryl methyl sites for hydroxylation is 1. The molecular formula is C19H28FN3O2. The van der Waals surface area contributed by atoms with E-state index < -0.39 is 0 Å². The van der Waals surface area contributed by atoms with Crippen molar-refractivity contribution in [2.24, 2.45) is 0 Å². The number of nitrogens with one attached hydrogen (secondary N) is 1. The number of nitrogens with zero attached hydrogens (tertiary/aromatic N) is 2. The maximum atomic E-state index is 12.9. The molecule has 0 bridgehead atoms. The molecule has 1 aliphatic heterocycles. The lowest BCUT2D eigenvalue weighted by atomic mass is 10.1. The van der Waals surface area contributed by atoms with Gasteiger partial charge in [-0.05, 0) is 44.4 Å². The van der Waals surface area contributed by atoms with Crippen molar-refractivity contribution in [3.8, 4) is 0 Å². The lowest BCUT2D eigenvalue weighted by Crippen LogP contribution is -2.61. The van der Waals surface area contributed by atoms with Gasteiger partial charge in [0.05, 0.1) is 0 Å². The lowest BCUT2D eigenvalue weighted by molar-refractivity contribution is -0.139. The highest BCUT2D eigenvalue weighted by Crippen LogP contribution is 2.16. The Morgan fingerprint density at radius 3 is 2.52 bits per heavy atom. The largest absolute Gasteiger partial charge is 0.358 e. The predicted octanol–water partition coefficient (Wildman–Crippen LogP) is 1.82. The number of hydrogen-bond acceptors (Lipinski definition) is 3. The fraction of sp³-hybridized carbons (Fsp3) is 0.579. The van der Waals surface area contributed by atoms with Gasteiger partial charge < -0.3 is 10.2 Å². The molecule has 5 nitrogen and oxygen atoms in total. The Morgan fingerprint density at radius 1 is 1.24 bits per heavy atom. The zero-order valence-corrected chi connectivity index (χ0v) is 15.3. The Hall–Kier alpha value is -1.95. The summed E-state index contributed by atoms with van der Waals surface area (Å²) < 4.78 is 12.9. The summed E-state index contributed by atoms with van der Waals surface area (Å²) in [5.74, 6) is -0.208. The number of halogens is 1. The van der Waals surface area contributed by atoms with Crippen LogP contribution in [0.3, 0.4) is 0 Å². The SMILES string of the molecule is CNC(=O)[C@@H]1CN(C(=O)CCCc2ccc(F)cc2)CCN1C(C)C. The second-order valence-electron chi connectivity index (χ2n) is 6.78. The molecule has 1 aromatic carbocycles. The van der Waals surface area contributed by atoms with E-state index in [9.17, 15) is 14.0 Å². The van der Waals surface area contributed by atoms with Gasteiger partial charge in [-0.2, -0.15) is 0 Å². The number of likely N-dealkylation sites (N-methyl/N-ethyl adjacent to an activating group) is 1. The second-order valence-corrected chi connectivity index (χ2v) is 6.78. The molecule has 0 aliphatic carbocycles. The van der Waals surface area contributed by atoms with E-state index >= 15 is 0 Å². The third-order valence-corrected chi connectivity index (χ3v) is 4.76. The Labute approximate surface area is 149 Å². The molecule has 138 valence electrons. The van der Waals surface area contributed by atoms with Gasteiger partial charge in [-0.25, -0.2) is 4.39 Å². The van der Waals surface area contributed by atoms with E-state index in [1.165, 1.54) is 12.1 Å². The summed E-state index contributed by atoms with van der Waals surface area (Å²) in [6.45, 7) is 5.93. The van der Waals surface area contributed by atoms with Crippen LogP contribution in [0.4, 0.5) is 4.39 Å². The third-order valence-electron chi connectivity index (χ3n) is 4.76. The highest BCUT2D eigenvalue weighted by molar-refractivity contribution is 5.83. The van der Waals surface area contributed by atoms with Crippen LogP contribution >= 0.6 is 0 Å². The molecule has 1 N–H and O–H groups in total. The number of amides is 2. The first-order valence-electron chi connectivity index (χ1n) is 8.92. The van der Waals surface area contributed by atoms with Crippen molar-refractivity contribution in [3.05, 3.63) is 35.6 Å². The van der Waals surface area contributed by atoms with Crippen LogP contribution in [0, 0.1) is 5.82 Å². The molecule has 2 amide bonds. The smallest absolute Gasteiger partial charge is 0.238 e. The molecule has 6 heteroatoms. The molecular weight excluding hydrogens is 321 g/mol. The van der Waals surface area contributed by atoms with Crippen LogP contribution in [-0.4, -0.2) is 60.4 Å². The number of piperazine rings is 1. The van der Waals surface area contributed by atoms with E-state index in [-0.39, 0.29) is 29.7 Å². The molecule has 2 rings (SSSR count). The van der Waals surface area contributed by atoms with Crippen LogP contribution in [0.2, 0.25) is 0 Å². The van der Waals surface area contributed by atoms with Gasteiger partial charge in [0.25, 0.3) is 0 Å². The van der Waals surface area contributed by atoms with Crippen LogP contribution in [0.1, 0.15) is 32.3 Å². The van der Waals surface area contributed by atoms with E-state index in [1.807, 2.05) is 0 Å². The molecule has 0 radical (unpaired) electrons. The van der Waals surface area contributed by atoms with Crippen molar-refractivity contribution < 1.29 is 14.0 Å². The van der Waals surface area contributed by atoms with E-state index in [2.05, 4.69) is 24.1 Å². The molecule has 1 aliphatic rings. The van der Waals surface area contributed by atoms with Gasteiger partial charge in [0.1, 0.15) is 11.9 Å². The molecule has 1 saturated heterocycles. The quantitative estimate of drug-likeness (QED) is 0.852. The van der Waals surface area contributed by atoms with Gasteiger partial charge in [-0.15, -0.1) is 0 Å². The Morgan fingerprint density at radius 2 is 1.92 bits per heavy atom. The van der Waals surface area contributed by atoms with Crippen LogP contribution < -0.4 is 5.32 Å². The van der Waals surface area contributed by atoms with Gasteiger partial charge in [-0.1, -0.05) is 12.1 Å². The zero-order valence-electron chi connectivity index (χ0n) is 15.3. The van der Waals surface area contributed by atoms with Crippen LogP contribution in [0.5, 0.6) is 0 Å².